The molecule has 10 heteroatoms. The van der Waals surface area contributed by atoms with E-state index in [0.717, 1.165) is 17.7 Å². The molecule has 2 fully saturated rings. The number of alkyl halides is 5. The predicted octanol–water partition coefficient (Wildman–Crippen LogP) is 4.90. The first-order valence-corrected chi connectivity index (χ1v) is 11.2. The molecule has 0 unspecified atom stereocenters. The van der Waals surface area contributed by atoms with Gasteiger partial charge < -0.3 is 10.1 Å². The van der Waals surface area contributed by atoms with Crippen LogP contribution in [0.4, 0.5) is 22.0 Å². The number of rotatable bonds is 6. The van der Waals surface area contributed by atoms with Gasteiger partial charge in [-0.15, -0.1) is 0 Å². The molecule has 1 aliphatic carbocycles. The highest BCUT2D eigenvalue weighted by atomic mass is 19.4. The summed E-state index contributed by atoms with van der Waals surface area (Å²) in [4.78, 5) is 26.5. The molecule has 4 rings (SSSR count). The Morgan fingerprint density at radius 1 is 1.03 bits per heavy atom. The summed E-state index contributed by atoms with van der Waals surface area (Å²) < 4.78 is 71.7. The van der Waals surface area contributed by atoms with E-state index in [4.69, 9.17) is 0 Å². The average molecular weight is 496 g/mol. The van der Waals surface area contributed by atoms with E-state index in [9.17, 15) is 31.5 Å². The Morgan fingerprint density at radius 3 is 2.20 bits per heavy atom. The first-order valence-electron chi connectivity index (χ1n) is 11.2. The summed E-state index contributed by atoms with van der Waals surface area (Å²) in [7, 11) is 1.27. The van der Waals surface area contributed by atoms with Gasteiger partial charge in [0.2, 0.25) is 5.91 Å². The lowest BCUT2D eigenvalue weighted by Gasteiger charge is -2.39. The number of carbonyl (C=O) groups excluding carboxylic acids is 2. The quantitative estimate of drug-likeness (QED) is 0.457. The van der Waals surface area contributed by atoms with Gasteiger partial charge in [0, 0.05) is 25.9 Å². The summed E-state index contributed by atoms with van der Waals surface area (Å²) in [6.45, 7) is 0.0140. The number of hydrogen-bond donors (Lipinski definition) is 1. The molecular weight excluding hydrogens is 471 g/mol. The van der Waals surface area contributed by atoms with E-state index >= 15 is 0 Å². The summed E-state index contributed by atoms with van der Waals surface area (Å²) in [6, 6.07) is 9.93. The molecule has 0 radical (unpaired) electrons. The van der Waals surface area contributed by atoms with E-state index in [-0.39, 0.29) is 13.1 Å². The van der Waals surface area contributed by atoms with Gasteiger partial charge in [-0.25, -0.2) is 13.6 Å². The molecule has 2 aromatic carbocycles. The zero-order valence-corrected chi connectivity index (χ0v) is 19.0. The fraction of sp³-hybridized carbons (Fsp3) is 0.440. The lowest BCUT2D eigenvalue weighted by atomic mass is 9.95. The number of halogens is 5. The molecule has 0 aromatic heterocycles. The van der Waals surface area contributed by atoms with Crippen LogP contribution in [0.3, 0.4) is 0 Å². The molecule has 5 nitrogen and oxygen atoms in total. The minimum Gasteiger partial charge on any atom is -0.465 e. The van der Waals surface area contributed by atoms with Crippen LogP contribution in [0, 0.1) is 0 Å². The van der Waals surface area contributed by atoms with Crippen LogP contribution in [0.25, 0.3) is 0 Å². The van der Waals surface area contributed by atoms with Crippen molar-refractivity contribution in [3.05, 3.63) is 70.8 Å². The van der Waals surface area contributed by atoms with Gasteiger partial charge in [0.05, 0.1) is 29.8 Å². The first kappa shape index (κ1) is 25.1. The minimum atomic E-state index is -4.47. The zero-order chi connectivity index (χ0) is 25.4. The molecule has 1 atom stereocenters. The second kappa shape index (κ2) is 9.22. The van der Waals surface area contributed by atoms with Crippen LogP contribution < -0.4 is 5.32 Å². The molecule has 2 aliphatic rings. The van der Waals surface area contributed by atoms with Crippen LogP contribution in [0.1, 0.15) is 52.7 Å². The lowest BCUT2D eigenvalue weighted by molar-refractivity contribution is -0.139. The van der Waals surface area contributed by atoms with Crippen LogP contribution >= 0.6 is 0 Å². The molecule has 1 aliphatic heterocycles. The van der Waals surface area contributed by atoms with Crippen LogP contribution in [0.15, 0.2) is 48.5 Å². The number of benzene rings is 2. The van der Waals surface area contributed by atoms with E-state index in [0.29, 0.717) is 24.0 Å². The number of hydrogen-bond acceptors (Lipinski definition) is 4. The maximum absolute atomic E-state index is 14.3. The van der Waals surface area contributed by atoms with Crippen molar-refractivity contribution in [3.63, 3.8) is 0 Å². The second-order valence-electron chi connectivity index (χ2n) is 9.13. The van der Waals surface area contributed by atoms with Crippen molar-refractivity contribution in [3.8, 4) is 0 Å². The number of piperidine rings is 1. The van der Waals surface area contributed by atoms with Crippen molar-refractivity contribution in [2.45, 2.75) is 55.9 Å². The third-order valence-corrected chi connectivity index (χ3v) is 6.64. The van der Waals surface area contributed by atoms with Crippen LogP contribution in [-0.2, 0) is 27.8 Å². The molecule has 1 saturated carbocycles. The van der Waals surface area contributed by atoms with Crippen molar-refractivity contribution in [1.82, 2.24) is 10.2 Å². The van der Waals surface area contributed by atoms with E-state index in [1.54, 1.807) is 29.2 Å². The highest BCUT2D eigenvalue weighted by Crippen LogP contribution is 2.46. The summed E-state index contributed by atoms with van der Waals surface area (Å²) >= 11 is 0. The maximum Gasteiger partial charge on any atom is 0.416 e. The summed E-state index contributed by atoms with van der Waals surface area (Å²) in [5.41, 5.74) is 0.122. The molecule has 1 heterocycles. The van der Waals surface area contributed by atoms with Gasteiger partial charge >= 0.3 is 12.1 Å². The summed E-state index contributed by atoms with van der Waals surface area (Å²) in [5.74, 6) is -4.06. The third-order valence-electron chi connectivity index (χ3n) is 6.64. The topological polar surface area (TPSA) is 58.6 Å². The molecule has 188 valence electrons. The van der Waals surface area contributed by atoms with Gasteiger partial charge in [0.1, 0.15) is 0 Å². The summed E-state index contributed by atoms with van der Waals surface area (Å²) in [5, 5.41) is 2.92. The monoisotopic (exact) mass is 496 g/mol. The number of methoxy groups -OCH3 is 1. The van der Waals surface area contributed by atoms with E-state index < -0.39 is 54.0 Å². The first-order chi connectivity index (χ1) is 16.4. The van der Waals surface area contributed by atoms with Crippen molar-refractivity contribution in [2.24, 2.45) is 0 Å². The van der Waals surface area contributed by atoms with Gasteiger partial charge in [-0.3, -0.25) is 9.69 Å². The Labute approximate surface area is 199 Å². The Morgan fingerprint density at radius 2 is 1.66 bits per heavy atom. The number of nitrogens with one attached hydrogen (secondary N) is 1. The highest BCUT2D eigenvalue weighted by Gasteiger charge is 2.49. The third kappa shape index (κ3) is 5.63. The van der Waals surface area contributed by atoms with Crippen molar-refractivity contribution >= 4 is 11.9 Å². The van der Waals surface area contributed by atoms with Crippen LogP contribution in [0.2, 0.25) is 0 Å². The van der Waals surface area contributed by atoms with Crippen molar-refractivity contribution in [1.29, 1.82) is 0 Å². The molecule has 1 amide bonds. The molecule has 0 spiro atoms. The smallest absolute Gasteiger partial charge is 0.416 e. The van der Waals surface area contributed by atoms with Gasteiger partial charge in [-0.1, -0.05) is 24.3 Å². The number of ether oxygens (including phenoxy) is 1. The number of esters is 1. The average Bonchev–Trinajstić information content (AvgIpc) is 3.60. The van der Waals surface area contributed by atoms with Crippen LogP contribution in [-0.4, -0.2) is 42.4 Å². The Balaban J connectivity index is 1.49. The fourth-order valence-electron chi connectivity index (χ4n) is 4.43. The number of nitrogens with zero attached hydrogens (tertiary/aromatic N) is 1. The molecular formula is C25H25F5N2O3. The Kier molecular flexibility index (Phi) is 6.61. The van der Waals surface area contributed by atoms with Crippen LogP contribution in [0.5, 0.6) is 0 Å². The predicted molar refractivity (Wildman–Crippen MR) is 117 cm³/mol. The molecule has 0 bridgehead atoms. The van der Waals surface area contributed by atoms with E-state index in [1.165, 1.54) is 19.2 Å². The van der Waals surface area contributed by atoms with Gasteiger partial charge in [0.25, 0.3) is 5.92 Å². The fourth-order valence-corrected chi connectivity index (χ4v) is 4.43. The Bertz CT molecular complexity index is 1080. The maximum atomic E-state index is 14.3. The van der Waals surface area contributed by atoms with E-state index in [2.05, 4.69) is 10.1 Å². The number of amides is 1. The normalized spacial score (nSPS) is 21.3. The Hall–Kier alpha value is -3.01. The largest absolute Gasteiger partial charge is 0.465 e. The minimum absolute atomic E-state index is 0.0626. The van der Waals surface area contributed by atoms with Crippen molar-refractivity contribution < 1.29 is 36.3 Å². The molecule has 2 aromatic rings. The van der Waals surface area contributed by atoms with Crippen molar-refractivity contribution in [2.75, 3.05) is 13.7 Å². The SMILES string of the molecule is COC(=O)c1ccc(C2(NC(=O)[C@H]3CC(F)(F)CCN3Cc3ccc(C(F)(F)F)cc3)CC2)cc1. The molecule has 1 N–H and O–H groups in total. The van der Waals surface area contributed by atoms with Gasteiger partial charge in [-0.05, 0) is 48.2 Å². The van der Waals surface area contributed by atoms with E-state index in [1.807, 2.05) is 0 Å². The van der Waals surface area contributed by atoms with Gasteiger partial charge in [0.15, 0.2) is 0 Å². The molecule has 35 heavy (non-hydrogen) atoms. The molecule has 1 saturated heterocycles. The van der Waals surface area contributed by atoms with Gasteiger partial charge in [-0.2, -0.15) is 13.2 Å². The second-order valence-corrected chi connectivity index (χ2v) is 9.13. The zero-order valence-electron chi connectivity index (χ0n) is 19.0. The highest BCUT2D eigenvalue weighted by molar-refractivity contribution is 5.89. The number of carbonyl (C=O) groups is 2. The number of likely N-dealkylation sites (tertiary alicyclic amines) is 1. The standard InChI is InChI=1S/C25H25F5N2O3/c1-35-22(34)17-4-8-18(9-5-17)23(10-11-23)31-21(33)20-14-24(26,27)12-13-32(20)15-16-2-6-19(7-3-16)25(28,29)30/h2-9,20H,10-15H2,1H3,(H,31,33)/t20-/m1/s1. The summed E-state index contributed by atoms with van der Waals surface area (Å²) in [6.07, 6.45) is -4.33. The lowest BCUT2D eigenvalue weighted by Crippen LogP contribution is -2.55.